The molecule has 1 N–H and O–H groups in total. The zero-order valence-electron chi connectivity index (χ0n) is 10.3. The minimum atomic E-state index is 0.357. The second-order valence-corrected chi connectivity index (χ2v) is 5.15. The monoisotopic (exact) mass is 283 g/mol. The maximum atomic E-state index is 6.12. The van der Waals surface area contributed by atoms with Crippen LogP contribution >= 0.6 is 23.2 Å². The van der Waals surface area contributed by atoms with E-state index in [0.29, 0.717) is 22.6 Å². The topological polar surface area (TPSA) is 29.9 Å². The van der Waals surface area contributed by atoms with E-state index in [1.165, 1.54) is 0 Å². The highest BCUT2D eigenvalue weighted by molar-refractivity contribution is 6.42. The van der Waals surface area contributed by atoms with Crippen LogP contribution < -0.4 is 5.32 Å². The molecule has 5 heteroatoms. The Balaban J connectivity index is 2.04. The molecule has 0 aliphatic carbocycles. The van der Waals surface area contributed by atoms with Crippen molar-refractivity contribution < 1.29 is 0 Å². The lowest BCUT2D eigenvalue weighted by atomic mass is 10.2. The molecule has 3 nitrogen and oxygen atoms in total. The largest absolute Gasteiger partial charge is 0.378 e. The molecule has 1 heterocycles. The molecular weight excluding hydrogens is 269 g/mol. The van der Waals surface area contributed by atoms with E-state index in [2.05, 4.69) is 24.3 Å². The number of nitrogens with one attached hydrogen (secondary N) is 1. The maximum absolute atomic E-state index is 6.12. The predicted octanol–water partition coefficient (Wildman–Crippen LogP) is 4.38. The molecule has 0 aliphatic heterocycles. The van der Waals surface area contributed by atoms with E-state index in [1.807, 2.05) is 23.0 Å². The van der Waals surface area contributed by atoms with Gasteiger partial charge in [0.2, 0.25) is 0 Å². The second kappa shape index (κ2) is 5.63. The first-order chi connectivity index (χ1) is 8.58. The second-order valence-electron chi connectivity index (χ2n) is 4.37. The van der Waals surface area contributed by atoms with E-state index in [1.54, 1.807) is 12.3 Å². The predicted molar refractivity (Wildman–Crippen MR) is 76.4 cm³/mol. The van der Waals surface area contributed by atoms with Crippen molar-refractivity contribution >= 4 is 28.9 Å². The third kappa shape index (κ3) is 2.98. The Bertz CT molecular complexity index is 535. The third-order valence-electron chi connectivity index (χ3n) is 2.65. The Hall–Kier alpha value is -1.19. The SMILES string of the molecule is CC(C)n1cc(NCc2cccc(Cl)c2Cl)cn1. The number of hydrogen-bond donors (Lipinski definition) is 1. The van der Waals surface area contributed by atoms with Gasteiger partial charge in [0.15, 0.2) is 0 Å². The Labute approximate surface area is 117 Å². The van der Waals surface area contributed by atoms with Gasteiger partial charge in [0.25, 0.3) is 0 Å². The van der Waals surface area contributed by atoms with Gasteiger partial charge in [0.05, 0.1) is 21.9 Å². The summed E-state index contributed by atoms with van der Waals surface area (Å²) in [5.41, 5.74) is 1.95. The van der Waals surface area contributed by atoms with Gasteiger partial charge >= 0.3 is 0 Å². The summed E-state index contributed by atoms with van der Waals surface area (Å²) in [7, 11) is 0. The minimum Gasteiger partial charge on any atom is -0.378 e. The summed E-state index contributed by atoms with van der Waals surface area (Å²) >= 11 is 12.1. The van der Waals surface area contributed by atoms with E-state index in [-0.39, 0.29) is 0 Å². The molecule has 96 valence electrons. The van der Waals surface area contributed by atoms with E-state index in [4.69, 9.17) is 23.2 Å². The Morgan fingerprint density at radius 3 is 2.78 bits per heavy atom. The highest BCUT2D eigenvalue weighted by Crippen LogP contribution is 2.26. The lowest BCUT2D eigenvalue weighted by molar-refractivity contribution is 0.532. The fourth-order valence-corrected chi connectivity index (χ4v) is 1.98. The molecule has 0 atom stereocenters. The smallest absolute Gasteiger partial charge is 0.0729 e. The Morgan fingerprint density at radius 2 is 2.11 bits per heavy atom. The molecular formula is C13H15Cl2N3. The standard InChI is InChI=1S/C13H15Cl2N3/c1-9(2)18-8-11(7-17-18)16-6-10-4-3-5-12(14)13(10)15/h3-5,7-9,16H,6H2,1-2H3. The molecule has 0 bridgehead atoms. The van der Waals surface area contributed by atoms with Crippen LogP contribution in [0.1, 0.15) is 25.5 Å². The molecule has 1 aromatic carbocycles. The van der Waals surface area contributed by atoms with Crippen LogP contribution in [0.3, 0.4) is 0 Å². The first kappa shape index (κ1) is 13.2. The lowest BCUT2D eigenvalue weighted by Gasteiger charge is -2.07. The van der Waals surface area contributed by atoms with E-state index in [0.717, 1.165) is 11.3 Å². The van der Waals surface area contributed by atoms with Crippen molar-refractivity contribution in [3.05, 3.63) is 46.2 Å². The molecule has 0 radical (unpaired) electrons. The van der Waals surface area contributed by atoms with E-state index >= 15 is 0 Å². The first-order valence-corrected chi connectivity index (χ1v) is 6.54. The highest BCUT2D eigenvalue weighted by atomic mass is 35.5. The van der Waals surface area contributed by atoms with Gasteiger partial charge in [-0.2, -0.15) is 5.10 Å². The third-order valence-corrected chi connectivity index (χ3v) is 3.50. The lowest BCUT2D eigenvalue weighted by Crippen LogP contribution is -2.01. The summed E-state index contributed by atoms with van der Waals surface area (Å²) in [6.07, 6.45) is 3.78. The maximum Gasteiger partial charge on any atom is 0.0729 e. The number of hydrogen-bond acceptors (Lipinski definition) is 2. The average molecular weight is 284 g/mol. The summed E-state index contributed by atoms with van der Waals surface area (Å²) in [5.74, 6) is 0. The molecule has 1 aromatic heterocycles. The number of nitrogens with zero attached hydrogens (tertiary/aromatic N) is 2. The van der Waals surface area contributed by atoms with Crippen molar-refractivity contribution in [3.63, 3.8) is 0 Å². The molecule has 0 unspecified atom stereocenters. The molecule has 0 amide bonds. The molecule has 0 saturated heterocycles. The number of anilines is 1. The molecule has 0 spiro atoms. The average Bonchev–Trinajstić information content (AvgIpc) is 2.80. The summed E-state index contributed by atoms with van der Waals surface area (Å²) in [5, 5.41) is 8.72. The molecule has 0 fully saturated rings. The minimum absolute atomic E-state index is 0.357. The fourth-order valence-electron chi connectivity index (χ4n) is 1.59. The zero-order valence-corrected chi connectivity index (χ0v) is 11.8. The van der Waals surface area contributed by atoms with Gasteiger partial charge < -0.3 is 5.32 Å². The van der Waals surface area contributed by atoms with Gasteiger partial charge in [-0.05, 0) is 25.5 Å². The van der Waals surface area contributed by atoms with Crippen molar-refractivity contribution in [3.8, 4) is 0 Å². The van der Waals surface area contributed by atoms with Gasteiger partial charge in [-0.15, -0.1) is 0 Å². The van der Waals surface area contributed by atoms with Gasteiger partial charge in [0.1, 0.15) is 0 Å². The Morgan fingerprint density at radius 1 is 1.33 bits per heavy atom. The van der Waals surface area contributed by atoms with Crippen LogP contribution in [-0.4, -0.2) is 9.78 Å². The first-order valence-electron chi connectivity index (χ1n) is 5.79. The molecule has 2 aromatic rings. The van der Waals surface area contributed by atoms with E-state index in [9.17, 15) is 0 Å². The summed E-state index contributed by atoms with van der Waals surface area (Å²) in [4.78, 5) is 0. The van der Waals surface area contributed by atoms with Crippen LogP contribution in [0.5, 0.6) is 0 Å². The number of aromatic nitrogens is 2. The summed E-state index contributed by atoms with van der Waals surface area (Å²) < 4.78 is 1.90. The van der Waals surface area contributed by atoms with Crippen molar-refractivity contribution in [2.45, 2.75) is 26.4 Å². The number of rotatable bonds is 4. The molecule has 2 rings (SSSR count). The van der Waals surface area contributed by atoms with Crippen LogP contribution in [0.15, 0.2) is 30.6 Å². The van der Waals surface area contributed by atoms with Gasteiger partial charge in [-0.25, -0.2) is 0 Å². The van der Waals surface area contributed by atoms with Crippen molar-refractivity contribution in [2.75, 3.05) is 5.32 Å². The normalized spacial score (nSPS) is 10.9. The van der Waals surface area contributed by atoms with Crippen LogP contribution in [0.2, 0.25) is 10.0 Å². The quantitative estimate of drug-likeness (QED) is 0.902. The van der Waals surface area contributed by atoms with Crippen molar-refractivity contribution in [2.24, 2.45) is 0 Å². The van der Waals surface area contributed by atoms with Crippen LogP contribution in [0.4, 0.5) is 5.69 Å². The number of halogens is 2. The number of benzene rings is 1. The van der Waals surface area contributed by atoms with Crippen LogP contribution in [0.25, 0.3) is 0 Å². The van der Waals surface area contributed by atoms with Crippen LogP contribution in [0, 0.1) is 0 Å². The van der Waals surface area contributed by atoms with Crippen LogP contribution in [-0.2, 0) is 6.54 Å². The summed E-state index contributed by atoms with van der Waals surface area (Å²) in [6.45, 7) is 4.80. The molecule has 0 saturated carbocycles. The van der Waals surface area contributed by atoms with Gasteiger partial charge in [0, 0.05) is 18.8 Å². The fraction of sp³-hybridized carbons (Fsp3) is 0.308. The van der Waals surface area contributed by atoms with E-state index < -0.39 is 0 Å². The van der Waals surface area contributed by atoms with Gasteiger partial charge in [-0.3, -0.25) is 4.68 Å². The van der Waals surface area contributed by atoms with Crippen molar-refractivity contribution in [1.29, 1.82) is 0 Å². The zero-order chi connectivity index (χ0) is 13.1. The van der Waals surface area contributed by atoms with Gasteiger partial charge in [-0.1, -0.05) is 35.3 Å². The highest BCUT2D eigenvalue weighted by Gasteiger charge is 2.05. The van der Waals surface area contributed by atoms with Crippen molar-refractivity contribution in [1.82, 2.24) is 9.78 Å². The molecule has 18 heavy (non-hydrogen) atoms. The summed E-state index contributed by atoms with van der Waals surface area (Å²) in [6, 6.07) is 5.98. The Kier molecular flexibility index (Phi) is 4.15. The molecule has 0 aliphatic rings.